The molecule has 2 rings (SSSR count). The predicted octanol–water partition coefficient (Wildman–Crippen LogP) is 1.50. The van der Waals surface area contributed by atoms with Crippen LogP contribution in [-0.2, 0) is 17.9 Å². The lowest BCUT2D eigenvalue weighted by atomic mass is 10.2. The van der Waals surface area contributed by atoms with Gasteiger partial charge in [0.1, 0.15) is 17.3 Å². The number of amidine groups is 1. The van der Waals surface area contributed by atoms with E-state index in [-0.39, 0.29) is 18.2 Å². The molecule has 0 aliphatic carbocycles. The zero-order valence-corrected chi connectivity index (χ0v) is 10.6. The van der Waals surface area contributed by atoms with Crippen molar-refractivity contribution in [3.05, 3.63) is 53.1 Å². The summed E-state index contributed by atoms with van der Waals surface area (Å²) < 4.78 is 20.3. The van der Waals surface area contributed by atoms with Gasteiger partial charge in [0, 0.05) is 12.7 Å². The van der Waals surface area contributed by atoms with Crippen LogP contribution in [0.2, 0.25) is 0 Å². The fourth-order valence-electron chi connectivity index (χ4n) is 1.78. The van der Waals surface area contributed by atoms with Crippen LogP contribution < -0.4 is 5.73 Å². The first-order valence-corrected chi connectivity index (χ1v) is 5.75. The van der Waals surface area contributed by atoms with Crippen LogP contribution in [0.15, 0.2) is 30.3 Å². The van der Waals surface area contributed by atoms with E-state index in [9.17, 15) is 4.39 Å². The van der Waals surface area contributed by atoms with E-state index in [1.807, 2.05) is 0 Å². The molecule has 6 heteroatoms. The lowest BCUT2D eigenvalue weighted by Crippen LogP contribution is -2.13. The molecule has 3 N–H and O–H groups in total. The molecule has 0 saturated carbocycles. The molecule has 2 aromatic rings. The van der Waals surface area contributed by atoms with Crippen molar-refractivity contribution in [1.29, 1.82) is 5.41 Å². The van der Waals surface area contributed by atoms with Gasteiger partial charge in [0.05, 0.1) is 18.8 Å². The van der Waals surface area contributed by atoms with E-state index in [0.717, 1.165) is 5.69 Å². The van der Waals surface area contributed by atoms with Gasteiger partial charge in [-0.1, -0.05) is 18.2 Å². The smallest absolute Gasteiger partial charge is 0.143 e. The fourth-order valence-corrected chi connectivity index (χ4v) is 1.78. The average molecular weight is 262 g/mol. The molecule has 0 aliphatic rings. The van der Waals surface area contributed by atoms with Crippen molar-refractivity contribution in [2.45, 2.75) is 13.2 Å². The first-order chi connectivity index (χ1) is 9.11. The van der Waals surface area contributed by atoms with Crippen LogP contribution in [-0.4, -0.2) is 22.7 Å². The van der Waals surface area contributed by atoms with E-state index >= 15 is 0 Å². The molecule has 0 unspecified atom stereocenters. The molecule has 0 spiro atoms. The molecular weight excluding hydrogens is 247 g/mol. The van der Waals surface area contributed by atoms with Crippen LogP contribution in [0.4, 0.5) is 4.39 Å². The van der Waals surface area contributed by atoms with E-state index in [1.165, 1.54) is 6.07 Å². The summed E-state index contributed by atoms with van der Waals surface area (Å²) in [6.07, 6.45) is 0. The number of nitrogens with one attached hydrogen (secondary N) is 1. The molecule has 0 radical (unpaired) electrons. The van der Waals surface area contributed by atoms with Gasteiger partial charge in [-0.25, -0.2) is 4.39 Å². The van der Waals surface area contributed by atoms with Crippen molar-refractivity contribution in [3.63, 3.8) is 0 Å². The number of nitrogen functional groups attached to an aromatic ring is 1. The van der Waals surface area contributed by atoms with E-state index in [0.29, 0.717) is 17.9 Å². The average Bonchev–Trinajstić information content (AvgIpc) is 2.76. The minimum Gasteiger partial charge on any atom is -0.382 e. The predicted molar refractivity (Wildman–Crippen MR) is 69.5 cm³/mol. The number of halogens is 1. The maximum Gasteiger partial charge on any atom is 0.143 e. The number of hydrogen-bond acceptors (Lipinski definition) is 3. The van der Waals surface area contributed by atoms with Gasteiger partial charge in [-0.15, -0.1) is 0 Å². The van der Waals surface area contributed by atoms with Crippen molar-refractivity contribution < 1.29 is 9.13 Å². The minimum absolute atomic E-state index is 0.121. The highest BCUT2D eigenvalue weighted by atomic mass is 19.1. The number of ether oxygens (including phenoxy) is 1. The number of methoxy groups -OCH3 is 1. The van der Waals surface area contributed by atoms with Crippen molar-refractivity contribution in [1.82, 2.24) is 9.78 Å². The zero-order valence-electron chi connectivity index (χ0n) is 10.6. The lowest BCUT2D eigenvalue weighted by Gasteiger charge is -2.07. The van der Waals surface area contributed by atoms with Crippen LogP contribution in [0.1, 0.15) is 17.0 Å². The maximum absolute atomic E-state index is 13.6. The summed E-state index contributed by atoms with van der Waals surface area (Å²) in [5.41, 5.74) is 7.04. The fraction of sp³-hybridized carbons (Fsp3) is 0.231. The van der Waals surface area contributed by atoms with E-state index in [1.54, 1.807) is 36.1 Å². The molecular formula is C13H15FN4O. The summed E-state index contributed by atoms with van der Waals surface area (Å²) >= 11 is 0. The van der Waals surface area contributed by atoms with Gasteiger partial charge in [-0.3, -0.25) is 10.1 Å². The highest BCUT2D eigenvalue weighted by Gasteiger charge is 2.11. The van der Waals surface area contributed by atoms with Crippen molar-refractivity contribution in [2.75, 3.05) is 7.11 Å². The largest absolute Gasteiger partial charge is 0.382 e. The normalized spacial score (nSPS) is 10.6. The third-order valence-corrected chi connectivity index (χ3v) is 2.71. The summed E-state index contributed by atoms with van der Waals surface area (Å²) in [4.78, 5) is 0. The Hall–Kier alpha value is -2.21. The molecule has 0 bridgehead atoms. The quantitative estimate of drug-likeness (QED) is 0.633. The highest BCUT2D eigenvalue weighted by molar-refractivity contribution is 5.93. The van der Waals surface area contributed by atoms with Gasteiger partial charge in [0.15, 0.2) is 0 Å². The molecule has 0 fully saturated rings. The van der Waals surface area contributed by atoms with Crippen molar-refractivity contribution in [2.24, 2.45) is 5.73 Å². The number of hydrogen-bond donors (Lipinski definition) is 2. The summed E-state index contributed by atoms with van der Waals surface area (Å²) in [7, 11) is 1.56. The van der Waals surface area contributed by atoms with Crippen molar-refractivity contribution >= 4 is 5.84 Å². The molecule has 1 aromatic carbocycles. The third-order valence-electron chi connectivity index (χ3n) is 2.71. The second-order valence-corrected chi connectivity index (χ2v) is 4.12. The Balaban J connectivity index is 2.33. The van der Waals surface area contributed by atoms with Gasteiger partial charge in [0.2, 0.25) is 0 Å². The molecule has 0 amide bonds. The van der Waals surface area contributed by atoms with Crippen molar-refractivity contribution in [3.8, 4) is 0 Å². The first kappa shape index (κ1) is 13.2. The topological polar surface area (TPSA) is 76.9 Å². The number of nitrogens with two attached hydrogens (primary N) is 1. The Morgan fingerprint density at radius 1 is 1.47 bits per heavy atom. The molecule has 1 heterocycles. The Labute approximate surface area is 110 Å². The van der Waals surface area contributed by atoms with Gasteiger partial charge >= 0.3 is 0 Å². The molecule has 0 saturated heterocycles. The monoisotopic (exact) mass is 262 g/mol. The Bertz CT molecular complexity index is 594. The molecule has 5 nitrogen and oxygen atoms in total. The van der Waals surface area contributed by atoms with Gasteiger partial charge < -0.3 is 10.5 Å². The van der Waals surface area contributed by atoms with Crippen LogP contribution in [0, 0.1) is 11.2 Å². The standard InChI is InChI=1S/C13H15FN4O/c1-19-8-10-6-12(13(15)16)17-18(10)7-9-4-2-3-5-11(9)14/h2-6H,7-8H2,1H3,(H3,15,16). The van der Waals surface area contributed by atoms with E-state index < -0.39 is 0 Å². The lowest BCUT2D eigenvalue weighted by molar-refractivity contribution is 0.177. The summed E-state index contributed by atoms with van der Waals surface area (Å²) in [6, 6.07) is 8.18. The van der Waals surface area contributed by atoms with Crippen LogP contribution in [0.25, 0.3) is 0 Å². The Kier molecular flexibility index (Phi) is 3.91. The minimum atomic E-state index is -0.286. The van der Waals surface area contributed by atoms with E-state index in [2.05, 4.69) is 5.10 Å². The van der Waals surface area contributed by atoms with Gasteiger partial charge in [-0.2, -0.15) is 5.10 Å². The van der Waals surface area contributed by atoms with Gasteiger partial charge in [-0.05, 0) is 12.1 Å². The summed E-state index contributed by atoms with van der Waals surface area (Å²) in [5, 5.41) is 11.6. The molecule has 0 atom stereocenters. The van der Waals surface area contributed by atoms with Crippen LogP contribution in [0.5, 0.6) is 0 Å². The Morgan fingerprint density at radius 2 is 2.21 bits per heavy atom. The van der Waals surface area contributed by atoms with Crippen LogP contribution >= 0.6 is 0 Å². The molecule has 0 aliphatic heterocycles. The maximum atomic E-state index is 13.6. The molecule has 19 heavy (non-hydrogen) atoms. The zero-order chi connectivity index (χ0) is 13.8. The Morgan fingerprint density at radius 3 is 2.84 bits per heavy atom. The SMILES string of the molecule is COCc1cc(C(=N)N)nn1Cc1ccccc1F. The second-order valence-electron chi connectivity index (χ2n) is 4.12. The van der Waals surface area contributed by atoms with E-state index in [4.69, 9.17) is 15.9 Å². The molecule has 1 aromatic heterocycles. The summed E-state index contributed by atoms with van der Waals surface area (Å²) in [5.74, 6) is -0.407. The third kappa shape index (κ3) is 2.97. The highest BCUT2D eigenvalue weighted by Crippen LogP contribution is 2.12. The number of nitrogens with zero attached hydrogens (tertiary/aromatic N) is 2. The second kappa shape index (κ2) is 5.62. The van der Waals surface area contributed by atoms with Gasteiger partial charge in [0.25, 0.3) is 0 Å². The first-order valence-electron chi connectivity index (χ1n) is 5.75. The molecule has 100 valence electrons. The number of rotatable bonds is 5. The van der Waals surface area contributed by atoms with Crippen LogP contribution in [0.3, 0.4) is 0 Å². The number of aromatic nitrogens is 2. The summed E-state index contributed by atoms with van der Waals surface area (Å²) in [6.45, 7) is 0.605. The number of benzene rings is 1.